The quantitative estimate of drug-likeness (QED) is 0.516. The second kappa shape index (κ2) is 9.90. The largest absolute Gasteiger partial charge is 0.378 e. The van der Waals surface area contributed by atoms with Crippen molar-refractivity contribution in [2.24, 2.45) is 0 Å². The van der Waals surface area contributed by atoms with Crippen LogP contribution in [0.1, 0.15) is 42.7 Å². The smallest absolute Gasteiger partial charge is 0.272 e. The monoisotopic (exact) mass is 478 g/mol. The number of fused-ring (bicyclic) bond motifs is 3. The van der Waals surface area contributed by atoms with Gasteiger partial charge < -0.3 is 10.1 Å². The topological polar surface area (TPSA) is 59.4 Å². The maximum atomic E-state index is 13.4. The van der Waals surface area contributed by atoms with Crippen LogP contribution in [-0.2, 0) is 17.8 Å². The number of piperidine rings is 1. The summed E-state index contributed by atoms with van der Waals surface area (Å²) in [6.45, 7) is 6.94. The Kier molecular flexibility index (Phi) is 6.73. The van der Waals surface area contributed by atoms with E-state index in [1.807, 2.05) is 47.1 Å². The number of allylic oxidation sites excluding steroid dienone is 2. The van der Waals surface area contributed by atoms with Crippen molar-refractivity contribution in [1.82, 2.24) is 20.0 Å². The third-order valence-electron chi connectivity index (χ3n) is 6.86. The molecule has 1 unspecified atom stereocenters. The first kappa shape index (κ1) is 23.1. The van der Waals surface area contributed by atoms with Crippen LogP contribution in [0.2, 0.25) is 5.02 Å². The van der Waals surface area contributed by atoms with Crippen molar-refractivity contribution in [2.45, 2.75) is 57.9 Å². The zero-order valence-electron chi connectivity index (χ0n) is 19.7. The summed E-state index contributed by atoms with van der Waals surface area (Å²) in [6, 6.07) is 16.6. The lowest BCUT2D eigenvalue weighted by Gasteiger charge is -2.48. The predicted octanol–water partition coefficient (Wildman–Crippen LogP) is 4.82. The van der Waals surface area contributed by atoms with Gasteiger partial charge in [0.15, 0.2) is 5.69 Å². The summed E-state index contributed by atoms with van der Waals surface area (Å²) in [5, 5.41) is 9.67. The molecule has 1 aromatic heterocycles. The zero-order valence-corrected chi connectivity index (χ0v) is 20.5. The average molecular weight is 479 g/mol. The van der Waals surface area contributed by atoms with Crippen LogP contribution < -0.4 is 5.32 Å². The number of ether oxygens (including phenoxy) is 1. The van der Waals surface area contributed by atoms with E-state index in [-0.39, 0.29) is 24.0 Å². The average Bonchev–Trinajstić information content (AvgIpc) is 3.18. The number of morpholine rings is 1. The van der Waals surface area contributed by atoms with Crippen LogP contribution in [0.4, 0.5) is 0 Å². The third-order valence-corrected chi connectivity index (χ3v) is 7.23. The lowest BCUT2D eigenvalue weighted by molar-refractivity contribution is -0.0843. The summed E-state index contributed by atoms with van der Waals surface area (Å²) >= 11 is 6.43. The highest BCUT2D eigenvalue weighted by Gasteiger charge is 2.40. The molecule has 0 aliphatic carbocycles. The second-order valence-electron chi connectivity index (χ2n) is 9.58. The zero-order chi connectivity index (χ0) is 23.7. The molecule has 2 aromatic carbocycles. The van der Waals surface area contributed by atoms with E-state index in [1.54, 1.807) is 0 Å². The fourth-order valence-corrected chi connectivity index (χ4v) is 5.34. The summed E-state index contributed by atoms with van der Waals surface area (Å²) in [4.78, 5) is 15.8. The van der Waals surface area contributed by atoms with Crippen LogP contribution in [0.25, 0.3) is 10.9 Å². The number of hydrogen-bond acceptors (Lipinski definition) is 4. The van der Waals surface area contributed by atoms with E-state index in [2.05, 4.69) is 41.3 Å². The van der Waals surface area contributed by atoms with Crippen LogP contribution >= 0.6 is 11.6 Å². The molecule has 178 valence electrons. The Labute approximate surface area is 205 Å². The first-order valence-electron chi connectivity index (χ1n) is 12.0. The van der Waals surface area contributed by atoms with Gasteiger partial charge in [-0.15, -0.1) is 0 Å². The highest BCUT2D eigenvalue weighted by atomic mass is 35.5. The molecule has 1 N–H and O–H groups in total. The van der Waals surface area contributed by atoms with Crippen LogP contribution in [0, 0.1) is 0 Å². The number of carbonyl (C=O) groups excluding carboxylic acids is 1. The van der Waals surface area contributed by atoms with Crippen molar-refractivity contribution < 1.29 is 9.53 Å². The molecule has 2 aliphatic heterocycles. The lowest BCUT2D eigenvalue weighted by atomic mass is 9.89. The van der Waals surface area contributed by atoms with E-state index in [0.29, 0.717) is 25.5 Å². The van der Waals surface area contributed by atoms with E-state index in [1.165, 1.54) is 5.57 Å². The van der Waals surface area contributed by atoms with Gasteiger partial charge in [-0.1, -0.05) is 59.6 Å². The molecule has 2 bridgehead atoms. The Bertz CT molecular complexity index is 1200. The first-order valence-corrected chi connectivity index (χ1v) is 12.3. The molecule has 1 amide bonds. The molecule has 7 heteroatoms. The van der Waals surface area contributed by atoms with Crippen molar-refractivity contribution in [3.05, 3.63) is 76.5 Å². The van der Waals surface area contributed by atoms with Crippen molar-refractivity contribution in [1.29, 1.82) is 0 Å². The molecule has 2 fully saturated rings. The van der Waals surface area contributed by atoms with Crippen LogP contribution in [0.5, 0.6) is 0 Å². The van der Waals surface area contributed by atoms with E-state index in [9.17, 15) is 4.79 Å². The maximum absolute atomic E-state index is 13.4. The SMILES string of the molecule is CC(C)=CCn1nc(C(=O)NC2C[C@H]3COC[C@@H](C2)N3Cc2ccccc2Cl)c2ccccc21. The number of para-hydroxylation sites is 1. The summed E-state index contributed by atoms with van der Waals surface area (Å²) in [5.41, 5.74) is 3.84. The van der Waals surface area contributed by atoms with Crippen LogP contribution in [0.15, 0.2) is 60.2 Å². The highest BCUT2D eigenvalue weighted by Crippen LogP contribution is 2.31. The molecular formula is C27H31ClN4O2. The van der Waals surface area contributed by atoms with Gasteiger partial charge in [-0.3, -0.25) is 14.4 Å². The Morgan fingerprint density at radius 1 is 1.12 bits per heavy atom. The number of nitrogens with zero attached hydrogens (tertiary/aromatic N) is 3. The minimum atomic E-state index is -0.101. The number of nitrogens with one attached hydrogen (secondary N) is 1. The molecule has 3 aromatic rings. The Morgan fingerprint density at radius 2 is 1.82 bits per heavy atom. The molecule has 3 heterocycles. The Balaban J connectivity index is 1.31. The number of halogens is 1. The van der Waals surface area contributed by atoms with Crippen molar-refractivity contribution >= 4 is 28.4 Å². The molecule has 0 radical (unpaired) electrons. The van der Waals surface area contributed by atoms with Gasteiger partial charge in [0, 0.05) is 35.1 Å². The van der Waals surface area contributed by atoms with Crippen molar-refractivity contribution in [2.75, 3.05) is 13.2 Å². The minimum absolute atomic E-state index is 0.0931. The minimum Gasteiger partial charge on any atom is -0.378 e. The fourth-order valence-electron chi connectivity index (χ4n) is 5.15. The first-order chi connectivity index (χ1) is 16.5. The van der Waals surface area contributed by atoms with Gasteiger partial charge in [-0.25, -0.2) is 0 Å². The summed E-state index contributed by atoms with van der Waals surface area (Å²) in [5.74, 6) is -0.101. The second-order valence-corrected chi connectivity index (χ2v) is 9.99. The standard InChI is InChI=1S/C27H31ClN4O2/c1-18(2)11-12-32-25-10-6-4-8-23(25)26(30-32)27(33)29-20-13-21-16-34-17-22(14-20)31(21)15-19-7-3-5-9-24(19)28/h3-11,20-22H,12-17H2,1-2H3,(H,29,33)/t20?,21-,22+. The number of carbonyl (C=O) groups is 1. The van der Waals surface area contributed by atoms with Gasteiger partial charge >= 0.3 is 0 Å². The lowest BCUT2D eigenvalue weighted by Crippen LogP contribution is -2.60. The van der Waals surface area contributed by atoms with Gasteiger partial charge in [0.2, 0.25) is 0 Å². The number of amides is 1. The molecule has 5 rings (SSSR count). The van der Waals surface area contributed by atoms with Gasteiger partial charge in [-0.05, 0) is 44.4 Å². The van der Waals surface area contributed by atoms with E-state index in [4.69, 9.17) is 16.3 Å². The maximum Gasteiger partial charge on any atom is 0.272 e. The van der Waals surface area contributed by atoms with Crippen molar-refractivity contribution in [3.63, 3.8) is 0 Å². The number of rotatable bonds is 6. The van der Waals surface area contributed by atoms with E-state index >= 15 is 0 Å². The normalized spacial score (nSPS) is 22.5. The van der Waals surface area contributed by atoms with Crippen LogP contribution in [-0.4, -0.2) is 51.9 Å². The highest BCUT2D eigenvalue weighted by molar-refractivity contribution is 6.31. The summed E-state index contributed by atoms with van der Waals surface area (Å²) < 4.78 is 7.78. The Morgan fingerprint density at radius 3 is 2.56 bits per heavy atom. The molecule has 3 atom stereocenters. The number of aromatic nitrogens is 2. The molecule has 0 saturated carbocycles. The molecule has 2 saturated heterocycles. The molecule has 34 heavy (non-hydrogen) atoms. The van der Waals surface area contributed by atoms with E-state index < -0.39 is 0 Å². The van der Waals surface area contributed by atoms with Gasteiger partial charge in [0.25, 0.3) is 5.91 Å². The Hall–Kier alpha value is -2.67. The molecule has 2 aliphatic rings. The number of hydrogen-bond donors (Lipinski definition) is 1. The van der Waals surface area contributed by atoms with Gasteiger partial charge in [0.05, 0.1) is 25.3 Å². The van der Waals surface area contributed by atoms with Crippen LogP contribution in [0.3, 0.4) is 0 Å². The van der Waals surface area contributed by atoms with Crippen molar-refractivity contribution in [3.8, 4) is 0 Å². The fraction of sp³-hybridized carbons (Fsp3) is 0.407. The van der Waals surface area contributed by atoms with E-state index in [0.717, 1.165) is 40.9 Å². The summed E-state index contributed by atoms with van der Waals surface area (Å²) in [7, 11) is 0. The molecule has 6 nitrogen and oxygen atoms in total. The van der Waals surface area contributed by atoms with Gasteiger partial charge in [0.1, 0.15) is 0 Å². The molecule has 0 spiro atoms. The number of benzene rings is 2. The summed E-state index contributed by atoms with van der Waals surface area (Å²) in [6.07, 6.45) is 3.82. The third kappa shape index (κ3) is 4.76. The predicted molar refractivity (Wildman–Crippen MR) is 135 cm³/mol. The molecular weight excluding hydrogens is 448 g/mol. The van der Waals surface area contributed by atoms with Gasteiger partial charge in [-0.2, -0.15) is 5.10 Å².